The molecule has 78 valence electrons. The Morgan fingerprint density at radius 3 is 2.60 bits per heavy atom. The number of carbonyl (C=O) groups is 1. The maximum absolute atomic E-state index is 10.6. The van der Waals surface area contributed by atoms with Gasteiger partial charge in [0.1, 0.15) is 0 Å². The number of hydrogen-bond donors (Lipinski definition) is 1. The second-order valence-corrected chi connectivity index (χ2v) is 3.22. The van der Waals surface area contributed by atoms with E-state index in [0.717, 1.165) is 5.56 Å². The van der Waals surface area contributed by atoms with Crippen LogP contribution in [-0.2, 0) is 4.74 Å². The number of rotatable bonds is 2. The first-order valence-electron chi connectivity index (χ1n) is 4.43. The molecule has 1 N–H and O–H groups in total. The van der Waals surface area contributed by atoms with Crippen LogP contribution in [0.3, 0.4) is 0 Å². The highest BCUT2D eigenvalue weighted by atomic mass is 16.5. The summed E-state index contributed by atoms with van der Waals surface area (Å²) in [5, 5.41) is 14.5. The summed E-state index contributed by atoms with van der Waals surface area (Å²) in [6.45, 7) is 0.427. The van der Waals surface area contributed by atoms with Crippen LogP contribution in [0.4, 0.5) is 0 Å². The first-order valence-corrected chi connectivity index (χ1v) is 4.43. The molecule has 1 aliphatic heterocycles. The second-order valence-electron chi connectivity index (χ2n) is 3.22. The van der Waals surface area contributed by atoms with E-state index in [0.29, 0.717) is 12.6 Å². The fourth-order valence-electron chi connectivity index (χ4n) is 1.26. The maximum Gasteiger partial charge on any atom is 0.335 e. The predicted molar refractivity (Wildman–Crippen MR) is 53.7 cm³/mol. The Morgan fingerprint density at radius 1 is 1.47 bits per heavy atom. The number of ether oxygens (including phenoxy) is 1. The number of carboxylic acids is 1. The number of carboxylic acid groups (broad SMARTS) is 1. The summed E-state index contributed by atoms with van der Waals surface area (Å²) in [5.41, 5.74) is 1.04. The predicted octanol–water partition coefficient (Wildman–Crippen LogP) is 0.966. The van der Waals surface area contributed by atoms with Gasteiger partial charge < -0.3 is 9.84 Å². The van der Waals surface area contributed by atoms with Crippen molar-refractivity contribution in [2.75, 3.05) is 13.8 Å². The van der Waals surface area contributed by atoms with E-state index in [1.54, 1.807) is 24.2 Å². The van der Waals surface area contributed by atoms with Gasteiger partial charge in [-0.25, -0.2) is 4.79 Å². The molecule has 0 unspecified atom stereocenters. The highest BCUT2D eigenvalue weighted by Crippen LogP contribution is 2.11. The first-order chi connectivity index (χ1) is 7.16. The van der Waals surface area contributed by atoms with Gasteiger partial charge in [-0.15, -0.1) is 5.10 Å². The molecule has 1 aliphatic rings. The largest absolute Gasteiger partial charge is 0.478 e. The van der Waals surface area contributed by atoms with Gasteiger partial charge in [-0.05, 0) is 24.3 Å². The number of benzene rings is 1. The SMILES string of the molecule is CN1COC(c2ccc(C(=O)O)cc2)=N1. The molecule has 2 rings (SSSR count). The lowest BCUT2D eigenvalue weighted by Gasteiger charge is -2.00. The van der Waals surface area contributed by atoms with Crippen LogP contribution in [0.5, 0.6) is 0 Å². The molecule has 0 amide bonds. The van der Waals surface area contributed by atoms with Crippen molar-refractivity contribution in [3.05, 3.63) is 35.4 Å². The van der Waals surface area contributed by atoms with Crippen LogP contribution in [-0.4, -0.2) is 35.8 Å². The zero-order valence-corrected chi connectivity index (χ0v) is 8.17. The third-order valence-corrected chi connectivity index (χ3v) is 2.03. The van der Waals surface area contributed by atoms with E-state index in [1.807, 2.05) is 0 Å². The lowest BCUT2D eigenvalue weighted by atomic mass is 10.1. The minimum absolute atomic E-state index is 0.255. The molecular formula is C10H10N2O3. The van der Waals surface area contributed by atoms with Gasteiger partial charge in [0.2, 0.25) is 5.90 Å². The maximum atomic E-state index is 10.6. The van der Waals surface area contributed by atoms with Crippen molar-refractivity contribution in [3.8, 4) is 0 Å². The summed E-state index contributed by atoms with van der Waals surface area (Å²) in [7, 11) is 1.80. The molecular weight excluding hydrogens is 196 g/mol. The van der Waals surface area contributed by atoms with E-state index in [2.05, 4.69) is 5.10 Å². The van der Waals surface area contributed by atoms with Gasteiger partial charge >= 0.3 is 5.97 Å². The summed E-state index contributed by atoms with van der Waals surface area (Å²) in [4.78, 5) is 10.6. The van der Waals surface area contributed by atoms with Crippen LogP contribution in [0.15, 0.2) is 29.4 Å². The molecule has 0 fully saturated rings. The molecule has 1 aromatic carbocycles. The highest BCUT2D eigenvalue weighted by molar-refractivity contribution is 5.96. The molecule has 0 spiro atoms. The van der Waals surface area contributed by atoms with E-state index < -0.39 is 5.97 Å². The van der Waals surface area contributed by atoms with Gasteiger partial charge in [-0.3, -0.25) is 5.01 Å². The van der Waals surface area contributed by atoms with Crippen molar-refractivity contribution in [1.29, 1.82) is 0 Å². The van der Waals surface area contributed by atoms with Crippen molar-refractivity contribution in [1.82, 2.24) is 5.01 Å². The molecule has 0 bridgehead atoms. The Balaban J connectivity index is 2.24. The van der Waals surface area contributed by atoms with Gasteiger partial charge in [0, 0.05) is 12.6 Å². The fraction of sp³-hybridized carbons (Fsp3) is 0.200. The normalized spacial score (nSPS) is 14.7. The monoisotopic (exact) mass is 206 g/mol. The van der Waals surface area contributed by atoms with Crippen molar-refractivity contribution < 1.29 is 14.6 Å². The summed E-state index contributed by atoms with van der Waals surface area (Å²) in [6.07, 6.45) is 0. The van der Waals surface area contributed by atoms with Crippen LogP contribution in [0.1, 0.15) is 15.9 Å². The first kappa shape index (κ1) is 9.51. The van der Waals surface area contributed by atoms with E-state index in [4.69, 9.17) is 9.84 Å². The molecule has 1 heterocycles. The molecule has 0 aromatic heterocycles. The summed E-state index contributed by atoms with van der Waals surface area (Å²) in [5.74, 6) is -0.414. The van der Waals surface area contributed by atoms with E-state index in [1.165, 1.54) is 12.1 Å². The van der Waals surface area contributed by atoms with Crippen molar-refractivity contribution >= 4 is 11.9 Å². The zero-order valence-electron chi connectivity index (χ0n) is 8.17. The van der Waals surface area contributed by atoms with Crippen LogP contribution < -0.4 is 0 Å². The molecule has 0 atom stereocenters. The molecule has 0 saturated heterocycles. The van der Waals surface area contributed by atoms with Gasteiger partial charge in [0.25, 0.3) is 0 Å². The van der Waals surface area contributed by atoms with E-state index in [9.17, 15) is 4.79 Å². The zero-order chi connectivity index (χ0) is 10.8. The van der Waals surface area contributed by atoms with Gasteiger partial charge in [0.05, 0.1) is 5.56 Å². The number of nitrogens with zero attached hydrogens (tertiary/aromatic N) is 2. The molecule has 5 nitrogen and oxygen atoms in total. The topological polar surface area (TPSA) is 62.1 Å². The molecule has 0 radical (unpaired) electrons. The second kappa shape index (κ2) is 3.61. The molecule has 1 aromatic rings. The molecule has 0 saturated carbocycles. The molecule has 0 aliphatic carbocycles. The standard InChI is InChI=1S/C10H10N2O3/c1-12-6-15-9(11-12)7-2-4-8(5-3-7)10(13)14/h2-5H,6H2,1H3,(H,13,14). The highest BCUT2D eigenvalue weighted by Gasteiger charge is 2.14. The van der Waals surface area contributed by atoms with Crippen molar-refractivity contribution in [2.45, 2.75) is 0 Å². The lowest BCUT2D eigenvalue weighted by molar-refractivity contribution is 0.0697. The van der Waals surface area contributed by atoms with Gasteiger partial charge in [0.15, 0.2) is 6.73 Å². The van der Waals surface area contributed by atoms with Crippen LogP contribution in [0.25, 0.3) is 0 Å². The smallest absolute Gasteiger partial charge is 0.335 e. The van der Waals surface area contributed by atoms with Crippen LogP contribution in [0.2, 0.25) is 0 Å². The molecule has 5 heteroatoms. The summed E-state index contributed by atoms with van der Waals surface area (Å²) < 4.78 is 5.28. The Hall–Kier alpha value is -2.04. The van der Waals surface area contributed by atoms with E-state index in [-0.39, 0.29) is 5.56 Å². The lowest BCUT2D eigenvalue weighted by Crippen LogP contribution is -2.06. The van der Waals surface area contributed by atoms with Gasteiger partial charge in [-0.2, -0.15) is 0 Å². The number of aromatic carboxylic acids is 1. The summed E-state index contributed by atoms with van der Waals surface area (Å²) in [6, 6.07) is 6.42. The quantitative estimate of drug-likeness (QED) is 0.783. The third kappa shape index (κ3) is 1.90. The average Bonchev–Trinajstić information content (AvgIpc) is 2.65. The van der Waals surface area contributed by atoms with Crippen molar-refractivity contribution in [3.63, 3.8) is 0 Å². The Bertz CT molecular complexity index is 411. The minimum Gasteiger partial charge on any atom is -0.478 e. The van der Waals surface area contributed by atoms with Gasteiger partial charge in [-0.1, -0.05) is 0 Å². The Kier molecular flexibility index (Phi) is 2.29. The Labute approximate surface area is 86.6 Å². The van der Waals surface area contributed by atoms with Crippen LogP contribution >= 0.6 is 0 Å². The number of hydrogen-bond acceptors (Lipinski definition) is 4. The number of hydrazone groups is 1. The third-order valence-electron chi connectivity index (χ3n) is 2.03. The van der Waals surface area contributed by atoms with E-state index >= 15 is 0 Å². The fourth-order valence-corrected chi connectivity index (χ4v) is 1.26. The summed E-state index contributed by atoms with van der Waals surface area (Å²) >= 11 is 0. The van der Waals surface area contributed by atoms with Crippen molar-refractivity contribution in [2.24, 2.45) is 5.10 Å². The average molecular weight is 206 g/mol. The Morgan fingerprint density at radius 2 is 2.13 bits per heavy atom. The molecule has 15 heavy (non-hydrogen) atoms. The minimum atomic E-state index is -0.937. The van der Waals surface area contributed by atoms with Crippen LogP contribution in [0, 0.1) is 0 Å².